The highest BCUT2D eigenvalue weighted by Gasteiger charge is 2.19. The van der Waals surface area contributed by atoms with Gasteiger partial charge in [0.15, 0.2) is 5.82 Å². The maximum atomic E-state index is 11.9. The summed E-state index contributed by atoms with van der Waals surface area (Å²) in [5, 5.41) is 11.5. The van der Waals surface area contributed by atoms with Gasteiger partial charge in [-0.2, -0.15) is 5.10 Å². The van der Waals surface area contributed by atoms with Crippen molar-refractivity contribution < 1.29 is 13.2 Å². The van der Waals surface area contributed by atoms with Crippen molar-refractivity contribution in [3.05, 3.63) is 23.1 Å². The van der Waals surface area contributed by atoms with Gasteiger partial charge in [-0.3, -0.25) is 9.89 Å². The quantitative estimate of drug-likeness (QED) is 0.879. The maximum absolute atomic E-state index is 11.9. The van der Waals surface area contributed by atoms with E-state index in [9.17, 15) is 13.2 Å². The van der Waals surface area contributed by atoms with Crippen LogP contribution in [0.1, 0.15) is 12.5 Å². The standard InChI is InChI=1S/C13H17N3O3S2/c1-8-4-5-20-12(8)10-6-11(16-15-10)14-13(17)9(2)7-21(3,18)19/h4-6,9H,7H2,1-3H3,(H2,14,15,16,17). The minimum Gasteiger partial charge on any atom is -0.309 e. The SMILES string of the molecule is Cc1ccsc1-c1cc(NC(=O)C(C)CS(C)(=O)=O)n[nH]1. The fourth-order valence-corrected chi connectivity index (χ4v) is 3.88. The summed E-state index contributed by atoms with van der Waals surface area (Å²) in [7, 11) is -3.18. The van der Waals surface area contributed by atoms with Gasteiger partial charge in [0.1, 0.15) is 9.84 Å². The lowest BCUT2D eigenvalue weighted by atomic mass is 10.2. The first-order valence-electron chi connectivity index (χ1n) is 6.35. The van der Waals surface area contributed by atoms with Gasteiger partial charge in [0.2, 0.25) is 5.91 Å². The Kier molecular flexibility index (Phi) is 4.48. The zero-order valence-electron chi connectivity index (χ0n) is 12.0. The number of anilines is 1. The molecule has 0 aliphatic carbocycles. The van der Waals surface area contributed by atoms with E-state index in [1.165, 1.54) is 0 Å². The summed E-state index contributed by atoms with van der Waals surface area (Å²) in [5.74, 6) is -0.770. The highest BCUT2D eigenvalue weighted by atomic mass is 32.2. The minimum atomic E-state index is -3.18. The lowest BCUT2D eigenvalue weighted by Gasteiger charge is -2.08. The lowest BCUT2D eigenvalue weighted by Crippen LogP contribution is -2.26. The maximum Gasteiger partial charge on any atom is 0.229 e. The van der Waals surface area contributed by atoms with Crippen LogP contribution in [-0.2, 0) is 14.6 Å². The van der Waals surface area contributed by atoms with Gasteiger partial charge in [-0.25, -0.2) is 8.42 Å². The topological polar surface area (TPSA) is 91.9 Å². The van der Waals surface area contributed by atoms with Gasteiger partial charge in [-0.05, 0) is 23.9 Å². The van der Waals surface area contributed by atoms with E-state index < -0.39 is 15.8 Å². The van der Waals surface area contributed by atoms with Crippen molar-refractivity contribution in [1.29, 1.82) is 0 Å². The number of sulfone groups is 1. The summed E-state index contributed by atoms with van der Waals surface area (Å²) in [6, 6.07) is 3.75. The Hall–Kier alpha value is -1.67. The van der Waals surface area contributed by atoms with E-state index in [-0.39, 0.29) is 11.7 Å². The van der Waals surface area contributed by atoms with Gasteiger partial charge in [0, 0.05) is 18.2 Å². The van der Waals surface area contributed by atoms with E-state index in [1.54, 1.807) is 24.3 Å². The molecule has 2 heterocycles. The van der Waals surface area contributed by atoms with Crippen molar-refractivity contribution in [2.45, 2.75) is 13.8 Å². The molecule has 0 saturated heterocycles. The van der Waals surface area contributed by atoms with Crippen molar-refractivity contribution >= 4 is 32.9 Å². The first kappa shape index (κ1) is 15.7. The lowest BCUT2D eigenvalue weighted by molar-refractivity contribution is -0.118. The summed E-state index contributed by atoms with van der Waals surface area (Å²) in [4.78, 5) is 13.0. The molecule has 1 amide bonds. The number of aromatic nitrogens is 2. The van der Waals surface area contributed by atoms with Gasteiger partial charge >= 0.3 is 0 Å². The van der Waals surface area contributed by atoms with E-state index in [1.807, 2.05) is 18.4 Å². The van der Waals surface area contributed by atoms with Crippen molar-refractivity contribution in [2.75, 3.05) is 17.3 Å². The number of aryl methyl sites for hydroxylation is 1. The van der Waals surface area contributed by atoms with Crippen molar-refractivity contribution in [1.82, 2.24) is 10.2 Å². The number of aromatic amines is 1. The molecular weight excluding hydrogens is 310 g/mol. The molecule has 0 saturated carbocycles. The third-order valence-corrected chi connectivity index (χ3v) is 5.09. The molecule has 6 nitrogen and oxygen atoms in total. The number of rotatable bonds is 5. The second-order valence-corrected chi connectivity index (χ2v) is 8.18. The van der Waals surface area contributed by atoms with Crippen LogP contribution in [0.15, 0.2) is 17.5 Å². The largest absolute Gasteiger partial charge is 0.309 e. The van der Waals surface area contributed by atoms with Gasteiger partial charge in [0.05, 0.1) is 16.3 Å². The fraction of sp³-hybridized carbons (Fsp3) is 0.385. The van der Waals surface area contributed by atoms with E-state index in [0.717, 1.165) is 22.4 Å². The first-order valence-corrected chi connectivity index (χ1v) is 9.29. The zero-order chi connectivity index (χ0) is 15.6. The van der Waals surface area contributed by atoms with E-state index in [0.29, 0.717) is 5.82 Å². The number of amides is 1. The molecule has 0 bridgehead atoms. The van der Waals surface area contributed by atoms with Crippen molar-refractivity contribution in [2.24, 2.45) is 5.92 Å². The Morgan fingerprint density at radius 2 is 2.24 bits per heavy atom. The molecule has 0 aromatic carbocycles. The summed E-state index contributed by atoms with van der Waals surface area (Å²) in [5.41, 5.74) is 1.96. The second kappa shape index (κ2) is 5.98. The van der Waals surface area contributed by atoms with E-state index in [2.05, 4.69) is 15.5 Å². The van der Waals surface area contributed by atoms with E-state index in [4.69, 9.17) is 0 Å². The third-order valence-electron chi connectivity index (χ3n) is 2.94. The number of thiophene rings is 1. The number of H-pyrrole nitrogens is 1. The highest BCUT2D eigenvalue weighted by Crippen LogP contribution is 2.28. The van der Waals surface area contributed by atoms with Gasteiger partial charge in [-0.15, -0.1) is 11.3 Å². The second-order valence-electron chi connectivity index (χ2n) is 5.08. The zero-order valence-corrected chi connectivity index (χ0v) is 13.6. The number of carbonyl (C=O) groups excluding carboxylic acids is 1. The number of nitrogens with zero attached hydrogens (tertiary/aromatic N) is 1. The molecular formula is C13H17N3O3S2. The molecule has 0 aliphatic rings. The van der Waals surface area contributed by atoms with Gasteiger partial charge in [-0.1, -0.05) is 6.92 Å². The molecule has 0 aliphatic heterocycles. The molecule has 2 rings (SSSR count). The molecule has 0 spiro atoms. The summed E-state index contributed by atoms with van der Waals surface area (Å²) in [6.07, 6.45) is 1.11. The molecule has 8 heteroatoms. The molecule has 21 heavy (non-hydrogen) atoms. The van der Waals surface area contributed by atoms with Crippen LogP contribution in [-0.4, -0.2) is 36.5 Å². The summed E-state index contributed by atoms with van der Waals surface area (Å²) < 4.78 is 22.4. The van der Waals surface area contributed by atoms with Crippen LogP contribution in [0.5, 0.6) is 0 Å². The average Bonchev–Trinajstić information content (AvgIpc) is 2.95. The van der Waals surface area contributed by atoms with Crippen LogP contribution >= 0.6 is 11.3 Å². The Balaban J connectivity index is 2.06. The molecule has 0 radical (unpaired) electrons. The average molecular weight is 327 g/mol. The Labute approximate surface area is 127 Å². The minimum absolute atomic E-state index is 0.180. The van der Waals surface area contributed by atoms with Crippen LogP contribution in [0, 0.1) is 12.8 Å². The number of hydrogen-bond acceptors (Lipinski definition) is 5. The van der Waals surface area contributed by atoms with Crippen LogP contribution in [0.3, 0.4) is 0 Å². The smallest absolute Gasteiger partial charge is 0.229 e. The summed E-state index contributed by atoms with van der Waals surface area (Å²) in [6.45, 7) is 3.58. The Bertz CT molecular complexity index is 746. The molecule has 2 N–H and O–H groups in total. The molecule has 1 atom stereocenters. The molecule has 2 aromatic heterocycles. The molecule has 1 unspecified atom stereocenters. The fourth-order valence-electron chi connectivity index (χ4n) is 1.93. The first-order chi connectivity index (χ1) is 9.76. The normalized spacial score (nSPS) is 13.1. The van der Waals surface area contributed by atoms with Gasteiger partial charge in [0.25, 0.3) is 0 Å². The van der Waals surface area contributed by atoms with Crippen LogP contribution in [0.2, 0.25) is 0 Å². The van der Waals surface area contributed by atoms with Crippen LogP contribution < -0.4 is 5.32 Å². The molecule has 114 valence electrons. The van der Waals surface area contributed by atoms with Crippen molar-refractivity contribution in [3.8, 4) is 10.6 Å². The Morgan fingerprint density at radius 3 is 2.81 bits per heavy atom. The predicted molar refractivity (Wildman–Crippen MR) is 84.1 cm³/mol. The molecule has 0 fully saturated rings. The van der Waals surface area contributed by atoms with Gasteiger partial charge < -0.3 is 5.32 Å². The molecule has 2 aromatic rings. The van der Waals surface area contributed by atoms with Crippen molar-refractivity contribution in [3.63, 3.8) is 0 Å². The monoisotopic (exact) mass is 327 g/mol. The van der Waals surface area contributed by atoms with E-state index >= 15 is 0 Å². The predicted octanol–water partition coefficient (Wildman–Crippen LogP) is 2.07. The highest BCUT2D eigenvalue weighted by molar-refractivity contribution is 7.90. The number of carbonyl (C=O) groups is 1. The van der Waals surface area contributed by atoms with Crippen LogP contribution in [0.4, 0.5) is 5.82 Å². The summed E-state index contributed by atoms with van der Waals surface area (Å²) >= 11 is 1.59. The number of nitrogens with one attached hydrogen (secondary N) is 2. The third kappa shape index (κ3) is 4.15. The number of hydrogen-bond donors (Lipinski definition) is 2. The Morgan fingerprint density at radius 1 is 1.52 bits per heavy atom. The van der Waals surface area contributed by atoms with Crippen LogP contribution in [0.25, 0.3) is 10.6 Å².